The molecule has 6 atom stereocenters. The second-order valence-electron chi connectivity index (χ2n) is 16.3. The lowest BCUT2D eigenvalue weighted by Gasteiger charge is -2.49. The first kappa shape index (κ1) is 42.0. The lowest BCUT2D eigenvalue weighted by Crippen LogP contribution is -2.54. The number of anilines is 2. The molecule has 1 saturated carbocycles. The number of phenolic OH excluding ortho intramolecular Hbond substituents is 1. The van der Waals surface area contributed by atoms with Crippen molar-refractivity contribution in [1.82, 2.24) is 15.0 Å². The number of alkyl halides is 3. The normalized spacial score (nSPS) is 24.1. The highest BCUT2D eigenvalue weighted by Gasteiger charge is 2.69. The molecule has 2 N–H and O–H groups in total. The summed E-state index contributed by atoms with van der Waals surface area (Å²) in [6, 6.07) is 25.8. The maximum Gasteiger partial charge on any atom is 0.417 e. The number of hydrazine groups is 1. The molecule has 10 rings (SSSR count). The standard InChI is InChI=1S/C48H34Cl2F3N5O7/c1-64-39-20-24(7-19-37(39)59)6-18-33-30-16-17-31-40(45(62)57(43(31)60)29-14-8-25(9-15-29)42-55-36-4-2-3-5-38(36)65-42)32(30)22-34-44(61)58(46(63)47(33,34)26-10-12-28(49)13-11-26)56-41-35(50)21-27(23-54-41)48(51,52)53/h2-16,18-21,23,31-34,40,59H,17,22H2,1H3,(H,54,56)/t31-,32+,33-,34-,40-,47-/m0/s1. The van der Waals surface area contributed by atoms with Crippen LogP contribution in [0.15, 0.2) is 125 Å². The number of allylic oxidation sites excluding steroid dienone is 3. The zero-order chi connectivity index (χ0) is 45.5. The third-order valence-electron chi connectivity index (χ3n) is 13.0. The minimum Gasteiger partial charge on any atom is -0.504 e. The molecule has 4 aromatic carbocycles. The van der Waals surface area contributed by atoms with Crippen LogP contribution < -0.4 is 15.1 Å². The van der Waals surface area contributed by atoms with Crippen LogP contribution in [0.5, 0.6) is 11.5 Å². The number of amides is 4. The number of carbonyl (C=O) groups is 4. The number of hydrogen-bond donors (Lipinski definition) is 2. The lowest BCUT2D eigenvalue weighted by atomic mass is 9.50. The predicted molar refractivity (Wildman–Crippen MR) is 233 cm³/mol. The van der Waals surface area contributed by atoms with Crippen molar-refractivity contribution < 1.29 is 46.6 Å². The summed E-state index contributed by atoms with van der Waals surface area (Å²) in [5.41, 5.74) is 3.61. The Kier molecular flexibility index (Phi) is 10.1. The molecule has 2 aromatic heterocycles. The molecule has 4 heterocycles. The van der Waals surface area contributed by atoms with E-state index in [0.717, 1.165) is 5.01 Å². The molecule has 12 nitrogen and oxygen atoms in total. The van der Waals surface area contributed by atoms with Crippen LogP contribution in [0.4, 0.5) is 24.7 Å². The Morgan fingerprint density at radius 3 is 2.38 bits per heavy atom. The first-order valence-corrected chi connectivity index (χ1v) is 21.2. The van der Waals surface area contributed by atoms with Crippen molar-refractivity contribution in [2.45, 2.75) is 24.4 Å². The molecule has 2 saturated heterocycles. The Morgan fingerprint density at radius 1 is 0.923 bits per heavy atom. The average molecular weight is 921 g/mol. The number of imide groups is 2. The summed E-state index contributed by atoms with van der Waals surface area (Å²) >= 11 is 12.7. The fraction of sp³-hybridized carbons (Fsp3) is 0.208. The van der Waals surface area contributed by atoms with Crippen molar-refractivity contribution in [3.8, 4) is 23.0 Å². The smallest absolute Gasteiger partial charge is 0.417 e. The second-order valence-corrected chi connectivity index (χ2v) is 17.1. The first-order valence-electron chi connectivity index (χ1n) is 20.4. The van der Waals surface area contributed by atoms with Crippen LogP contribution in [0.2, 0.25) is 10.0 Å². The molecule has 65 heavy (non-hydrogen) atoms. The van der Waals surface area contributed by atoms with Gasteiger partial charge in [0.2, 0.25) is 17.7 Å². The van der Waals surface area contributed by atoms with Crippen molar-refractivity contribution in [2.24, 2.45) is 29.6 Å². The van der Waals surface area contributed by atoms with Crippen molar-refractivity contribution in [2.75, 3.05) is 17.4 Å². The van der Waals surface area contributed by atoms with Crippen LogP contribution in [-0.2, 0) is 30.8 Å². The molecule has 2 aliphatic carbocycles. The molecule has 2 aliphatic heterocycles. The zero-order valence-electron chi connectivity index (χ0n) is 33.9. The van der Waals surface area contributed by atoms with Crippen LogP contribution >= 0.6 is 23.2 Å². The third-order valence-corrected chi connectivity index (χ3v) is 13.5. The predicted octanol–water partition coefficient (Wildman–Crippen LogP) is 9.66. The Bertz CT molecular complexity index is 3000. The number of fused-ring (bicyclic) bond motifs is 5. The van der Waals surface area contributed by atoms with E-state index in [1.165, 1.54) is 18.1 Å². The number of aromatic nitrogens is 2. The highest BCUT2D eigenvalue weighted by Crippen LogP contribution is 2.62. The van der Waals surface area contributed by atoms with E-state index < -0.39 is 75.4 Å². The van der Waals surface area contributed by atoms with Crippen LogP contribution in [0.25, 0.3) is 28.6 Å². The van der Waals surface area contributed by atoms with Crippen molar-refractivity contribution in [3.63, 3.8) is 0 Å². The number of halogens is 5. The minimum absolute atomic E-state index is 0.0621. The van der Waals surface area contributed by atoms with Gasteiger partial charge in [0.15, 0.2) is 22.9 Å². The number of carbonyl (C=O) groups excluding carboxylic acids is 4. The summed E-state index contributed by atoms with van der Waals surface area (Å²) < 4.78 is 52.0. The number of ether oxygens (including phenoxy) is 1. The molecule has 17 heteroatoms. The van der Waals surface area contributed by atoms with Gasteiger partial charge in [-0.2, -0.15) is 18.2 Å². The fourth-order valence-corrected chi connectivity index (χ4v) is 10.4. The maximum absolute atomic E-state index is 15.4. The van der Waals surface area contributed by atoms with E-state index in [2.05, 4.69) is 15.4 Å². The molecule has 328 valence electrons. The van der Waals surface area contributed by atoms with E-state index in [4.69, 9.17) is 32.4 Å². The largest absolute Gasteiger partial charge is 0.504 e. The van der Waals surface area contributed by atoms with Gasteiger partial charge in [-0.05, 0) is 96.6 Å². The quantitative estimate of drug-likeness (QED) is 0.111. The first-order chi connectivity index (χ1) is 31.2. The minimum atomic E-state index is -4.77. The second kappa shape index (κ2) is 15.6. The Balaban J connectivity index is 1.07. The van der Waals surface area contributed by atoms with Gasteiger partial charge < -0.3 is 14.3 Å². The summed E-state index contributed by atoms with van der Waals surface area (Å²) in [6.07, 6.45) is 1.20. The van der Waals surface area contributed by atoms with Crippen molar-refractivity contribution in [3.05, 3.63) is 148 Å². The van der Waals surface area contributed by atoms with Gasteiger partial charge in [0, 0.05) is 22.7 Å². The summed E-state index contributed by atoms with van der Waals surface area (Å²) in [7, 11) is 1.40. The average Bonchev–Trinajstić information content (AvgIpc) is 3.91. The molecule has 0 bridgehead atoms. The molecular formula is C48H34Cl2F3N5O7. The molecule has 4 aliphatic rings. The lowest BCUT2D eigenvalue weighted by molar-refractivity contribution is -0.139. The van der Waals surface area contributed by atoms with Gasteiger partial charge in [0.25, 0.3) is 11.8 Å². The van der Waals surface area contributed by atoms with E-state index in [1.54, 1.807) is 78.9 Å². The van der Waals surface area contributed by atoms with Crippen LogP contribution in [-0.4, -0.2) is 50.8 Å². The number of hydrogen-bond acceptors (Lipinski definition) is 10. The summed E-state index contributed by atoms with van der Waals surface area (Å²) in [4.78, 5) is 69.2. The van der Waals surface area contributed by atoms with Gasteiger partial charge in [-0.3, -0.25) is 29.5 Å². The Morgan fingerprint density at radius 2 is 1.68 bits per heavy atom. The summed E-state index contributed by atoms with van der Waals surface area (Å²) in [6.45, 7) is 0. The number of pyridine rings is 1. The Hall–Kier alpha value is -6.97. The number of nitrogens with one attached hydrogen (secondary N) is 1. The van der Waals surface area contributed by atoms with Crippen LogP contribution in [0.1, 0.15) is 29.5 Å². The number of aromatic hydroxyl groups is 1. The topological polar surface area (TPSA) is 155 Å². The number of rotatable bonds is 8. The van der Waals surface area contributed by atoms with Crippen molar-refractivity contribution in [1.29, 1.82) is 0 Å². The molecule has 6 aromatic rings. The molecule has 0 radical (unpaired) electrons. The highest BCUT2D eigenvalue weighted by molar-refractivity contribution is 6.33. The molecule has 0 spiro atoms. The van der Waals surface area contributed by atoms with Gasteiger partial charge in [0.05, 0.1) is 46.6 Å². The van der Waals surface area contributed by atoms with Crippen molar-refractivity contribution >= 4 is 75.5 Å². The number of para-hydroxylation sites is 2. The number of methoxy groups -OCH3 is 1. The number of oxazole rings is 1. The van der Waals surface area contributed by atoms with E-state index in [1.807, 2.05) is 24.3 Å². The van der Waals surface area contributed by atoms with E-state index in [0.29, 0.717) is 62.2 Å². The van der Waals surface area contributed by atoms with Crippen LogP contribution in [0, 0.1) is 29.6 Å². The highest BCUT2D eigenvalue weighted by atomic mass is 35.5. The summed E-state index contributed by atoms with van der Waals surface area (Å²) in [5.74, 6) is -6.94. The third kappa shape index (κ3) is 6.74. The van der Waals surface area contributed by atoms with Gasteiger partial charge in [-0.15, -0.1) is 0 Å². The zero-order valence-corrected chi connectivity index (χ0v) is 35.4. The van der Waals surface area contributed by atoms with E-state index in [-0.39, 0.29) is 30.2 Å². The van der Waals surface area contributed by atoms with Gasteiger partial charge in [-0.1, -0.05) is 77.3 Å². The van der Waals surface area contributed by atoms with Crippen LogP contribution in [0.3, 0.4) is 0 Å². The van der Waals surface area contributed by atoms with Gasteiger partial charge in [0.1, 0.15) is 5.52 Å². The molecule has 4 amide bonds. The molecule has 3 fully saturated rings. The van der Waals surface area contributed by atoms with E-state index in [9.17, 15) is 32.7 Å². The fourth-order valence-electron chi connectivity index (χ4n) is 10.0. The Labute approximate surface area is 377 Å². The van der Waals surface area contributed by atoms with Gasteiger partial charge in [-0.25, -0.2) is 9.97 Å². The number of nitrogens with zero attached hydrogens (tertiary/aromatic N) is 4. The maximum atomic E-state index is 15.4. The summed E-state index contributed by atoms with van der Waals surface area (Å²) in [5, 5.41) is 10.9. The number of benzene rings is 4. The van der Waals surface area contributed by atoms with E-state index >= 15 is 4.79 Å². The number of phenols is 1. The SMILES string of the molecule is COc1cc(C=C[C@H]2C3=CC[C@@H]4C(=O)N(c5ccc(-c6nc7ccccc7o6)cc5)C(=O)[C@@H]4[C@@H]3C[C@H]3C(=O)N(Nc4ncc(C(F)(F)F)cc4Cl)C(=O)[C@@]23c2ccc(Cl)cc2)ccc1O. The van der Waals surface area contributed by atoms with Gasteiger partial charge >= 0.3 is 6.18 Å². The monoisotopic (exact) mass is 919 g/mol. The molecular weight excluding hydrogens is 886 g/mol. The molecule has 0 unspecified atom stereocenters.